The first kappa shape index (κ1) is 14.4. The van der Waals surface area contributed by atoms with E-state index >= 15 is 0 Å². The molecule has 0 amide bonds. The van der Waals surface area contributed by atoms with Crippen molar-refractivity contribution in [2.45, 2.75) is 6.92 Å². The lowest BCUT2D eigenvalue weighted by molar-refractivity contribution is 0.332. The number of hydrogen-bond donors (Lipinski definition) is 1. The average Bonchev–Trinajstić information content (AvgIpc) is 2.85. The van der Waals surface area contributed by atoms with Crippen molar-refractivity contribution in [3.8, 4) is 5.75 Å². The first-order valence-electron chi connectivity index (χ1n) is 6.70. The Balaban J connectivity index is 1.54. The van der Waals surface area contributed by atoms with Crippen molar-refractivity contribution in [1.82, 2.24) is 4.98 Å². The van der Waals surface area contributed by atoms with Gasteiger partial charge >= 0.3 is 0 Å². The van der Waals surface area contributed by atoms with Crippen molar-refractivity contribution in [3.05, 3.63) is 52.5 Å². The maximum Gasteiger partial charge on any atom is 0.183 e. The van der Waals surface area contributed by atoms with E-state index in [1.165, 1.54) is 10.3 Å². The van der Waals surface area contributed by atoms with Crippen molar-refractivity contribution in [3.63, 3.8) is 0 Å². The third kappa shape index (κ3) is 3.74. The van der Waals surface area contributed by atoms with Crippen LogP contribution in [-0.4, -0.2) is 18.1 Å². The van der Waals surface area contributed by atoms with E-state index in [0.29, 0.717) is 6.61 Å². The van der Waals surface area contributed by atoms with E-state index in [9.17, 15) is 0 Å². The van der Waals surface area contributed by atoms with Gasteiger partial charge in [0.2, 0.25) is 0 Å². The lowest BCUT2D eigenvalue weighted by Gasteiger charge is -2.07. The second-order valence-electron chi connectivity index (χ2n) is 4.72. The Morgan fingerprint density at radius 2 is 2.14 bits per heavy atom. The molecule has 0 aliphatic rings. The SMILES string of the molecule is Cc1cccc(OCCNc2nc3cc(Br)ccc3s2)c1. The number of aryl methyl sites for hydroxylation is 1. The summed E-state index contributed by atoms with van der Waals surface area (Å²) in [5.74, 6) is 0.907. The van der Waals surface area contributed by atoms with Crippen LogP contribution in [0.3, 0.4) is 0 Å². The number of hydrogen-bond acceptors (Lipinski definition) is 4. The quantitative estimate of drug-likeness (QED) is 0.658. The standard InChI is InChI=1S/C16H15BrN2OS/c1-11-3-2-4-13(9-11)20-8-7-18-16-19-14-10-12(17)5-6-15(14)21-16/h2-6,9-10H,7-8H2,1H3,(H,18,19). The zero-order valence-corrected chi connectivity index (χ0v) is 14.0. The van der Waals surface area contributed by atoms with E-state index < -0.39 is 0 Å². The summed E-state index contributed by atoms with van der Waals surface area (Å²) < 4.78 is 7.94. The topological polar surface area (TPSA) is 34.1 Å². The van der Waals surface area contributed by atoms with E-state index in [-0.39, 0.29) is 0 Å². The van der Waals surface area contributed by atoms with Gasteiger partial charge in [0.15, 0.2) is 5.13 Å². The fraction of sp³-hybridized carbons (Fsp3) is 0.188. The minimum Gasteiger partial charge on any atom is -0.492 e. The molecule has 1 N–H and O–H groups in total. The van der Waals surface area contributed by atoms with Crippen molar-refractivity contribution in [1.29, 1.82) is 0 Å². The fourth-order valence-corrected chi connectivity index (χ4v) is 3.23. The molecule has 1 aromatic heterocycles. The molecule has 0 aliphatic heterocycles. The summed E-state index contributed by atoms with van der Waals surface area (Å²) in [5.41, 5.74) is 2.22. The molecule has 0 bridgehead atoms. The van der Waals surface area contributed by atoms with Gasteiger partial charge in [-0.2, -0.15) is 0 Å². The summed E-state index contributed by atoms with van der Waals surface area (Å²) >= 11 is 5.12. The second kappa shape index (κ2) is 6.45. The third-order valence-electron chi connectivity index (χ3n) is 2.99. The molecule has 0 saturated heterocycles. The van der Waals surface area contributed by atoms with E-state index in [0.717, 1.165) is 27.4 Å². The van der Waals surface area contributed by atoms with Crippen LogP contribution in [0.2, 0.25) is 0 Å². The van der Waals surface area contributed by atoms with Gasteiger partial charge in [-0.3, -0.25) is 0 Å². The molecule has 0 atom stereocenters. The van der Waals surface area contributed by atoms with Gasteiger partial charge in [-0.15, -0.1) is 0 Å². The van der Waals surface area contributed by atoms with E-state index in [4.69, 9.17) is 4.74 Å². The predicted octanol–water partition coefficient (Wildman–Crippen LogP) is 4.86. The smallest absolute Gasteiger partial charge is 0.183 e. The first-order valence-corrected chi connectivity index (χ1v) is 8.31. The number of thiazole rings is 1. The Hall–Kier alpha value is -1.59. The van der Waals surface area contributed by atoms with Crippen LogP contribution < -0.4 is 10.1 Å². The molecule has 0 unspecified atom stereocenters. The largest absolute Gasteiger partial charge is 0.492 e. The van der Waals surface area contributed by atoms with Crippen LogP contribution in [-0.2, 0) is 0 Å². The summed E-state index contributed by atoms with van der Waals surface area (Å²) in [6.07, 6.45) is 0. The average molecular weight is 363 g/mol. The Kier molecular flexibility index (Phi) is 4.41. The minimum absolute atomic E-state index is 0.614. The fourth-order valence-electron chi connectivity index (χ4n) is 2.01. The monoisotopic (exact) mass is 362 g/mol. The highest BCUT2D eigenvalue weighted by molar-refractivity contribution is 9.10. The van der Waals surface area contributed by atoms with Crippen LogP contribution in [0.4, 0.5) is 5.13 Å². The summed E-state index contributed by atoms with van der Waals surface area (Å²) in [5, 5.41) is 4.23. The highest BCUT2D eigenvalue weighted by Crippen LogP contribution is 2.27. The van der Waals surface area contributed by atoms with Crippen LogP contribution >= 0.6 is 27.3 Å². The third-order valence-corrected chi connectivity index (χ3v) is 4.47. The van der Waals surface area contributed by atoms with Gasteiger partial charge < -0.3 is 10.1 Å². The zero-order chi connectivity index (χ0) is 14.7. The molecule has 0 fully saturated rings. The number of fused-ring (bicyclic) bond motifs is 1. The van der Waals surface area contributed by atoms with E-state index in [2.05, 4.69) is 45.3 Å². The number of anilines is 1. The Morgan fingerprint density at radius 3 is 3.00 bits per heavy atom. The van der Waals surface area contributed by atoms with Crippen LogP contribution in [0, 0.1) is 6.92 Å². The maximum atomic E-state index is 5.71. The number of rotatable bonds is 5. The molecule has 3 rings (SSSR count). The van der Waals surface area contributed by atoms with Crippen LogP contribution in [0.5, 0.6) is 5.75 Å². The lowest BCUT2D eigenvalue weighted by Crippen LogP contribution is -2.11. The van der Waals surface area contributed by atoms with Crippen molar-refractivity contribution in [2.24, 2.45) is 0 Å². The van der Waals surface area contributed by atoms with Crippen molar-refractivity contribution < 1.29 is 4.74 Å². The molecular weight excluding hydrogens is 348 g/mol. The highest BCUT2D eigenvalue weighted by atomic mass is 79.9. The summed E-state index contributed by atoms with van der Waals surface area (Å²) in [6.45, 7) is 3.41. The molecule has 108 valence electrons. The number of benzene rings is 2. The lowest BCUT2D eigenvalue weighted by atomic mass is 10.2. The van der Waals surface area contributed by atoms with Crippen LogP contribution in [0.25, 0.3) is 10.2 Å². The summed E-state index contributed by atoms with van der Waals surface area (Å²) in [6, 6.07) is 14.2. The molecule has 2 aromatic carbocycles. The maximum absolute atomic E-state index is 5.71. The normalized spacial score (nSPS) is 10.8. The van der Waals surface area contributed by atoms with Gasteiger partial charge in [0.25, 0.3) is 0 Å². The molecule has 0 spiro atoms. The van der Waals surface area contributed by atoms with Crippen LogP contribution in [0.15, 0.2) is 46.9 Å². The molecule has 3 aromatic rings. The molecule has 1 heterocycles. The predicted molar refractivity (Wildman–Crippen MR) is 92.5 cm³/mol. The van der Waals surface area contributed by atoms with Gasteiger partial charge in [-0.25, -0.2) is 4.98 Å². The number of nitrogens with zero attached hydrogens (tertiary/aromatic N) is 1. The van der Waals surface area contributed by atoms with Crippen LogP contribution in [0.1, 0.15) is 5.56 Å². The van der Waals surface area contributed by atoms with Gasteiger partial charge in [-0.05, 0) is 42.8 Å². The second-order valence-corrected chi connectivity index (χ2v) is 6.67. The molecule has 3 nitrogen and oxygen atoms in total. The Bertz CT molecular complexity index is 757. The van der Waals surface area contributed by atoms with Gasteiger partial charge in [0.05, 0.1) is 16.8 Å². The Morgan fingerprint density at radius 1 is 1.24 bits per heavy atom. The molecule has 0 aliphatic carbocycles. The number of halogens is 1. The number of aromatic nitrogens is 1. The molecule has 21 heavy (non-hydrogen) atoms. The molecule has 0 saturated carbocycles. The van der Waals surface area contributed by atoms with Gasteiger partial charge in [-0.1, -0.05) is 39.4 Å². The van der Waals surface area contributed by atoms with E-state index in [1.54, 1.807) is 11.3 Å². The van der Waals surface area contributed by atoms with Gasteiger partial charge in [0, 0.05) is 4.47 Å². The molecular formula is C16H15BrN2OS. The highest BCUT2D eigenvalue weighted by Gasteiger charge is 2.03. The molecule has 5 heteroatoms. The summed E-state index contributed by atoms with van der Waals surface area (Å²) in [4.78, 5) is 4.55. The van der Waals surface area contributed by atoms with Crippen molar-refractivity contribution >= 4 is 42.6 Å². The molecule has 0 radical (unpaired) electrons. The first-order chi connectivity index (χ1) is 10.2. The number of ether oxygens (including phenoxy) is 1. The van der Waals surface area contributed by atoms with Gasteiger partial charge in [0.1, 0.15) is 12.4 Å². The zero-order valence-electron chi connectivity index (χ0n) is 11.6. The van der Waals surface area contributed by atoms with E-state index in [1.807, 2.05) is 30.3 Å². The minimum atomic E-state index is 0.614. The Labute approximate surface area is 136 Å². The number of nitrogens with one attached hydrogen (secondary N) is 1. The summed E-state index contributed by atoms with van der Waals surface area (Å²) in [7, 11) is 0. The van der Waals surface area contributed by atoms with Crippen molar-refractivity contribution in [2.75, 3.05) is 18.5 Å².